The van der Waals surface area contributed by atoms with Crippen LogP contribution in [-0.4, -0.2) is 15.9 Å². The molecule has 0 amide bonds. The second-order valence-corrected chi connectivity index (χ2v) is 4.78. The minimum absolute atomic E-state index is 0.228. The van der Waals surface area contributed by atoms with Gasteiger partial charge >= 0.3 is 5.97 Å². The van der Waals surface area contributed by atoms with Crippen molar-refractivity contribution in [1.29, 1.82) is 0 Å². The molecule has 1 heterocycles. The number of hydrogen-bond acceptors (Lipinski definition) is 3. The zero-order valence-electron chi connectivity index (χ0n) is 11.4. The highest BCUT2D eigenvalue weighted by Gasteiger charge is 2.18. The molecule has 0 spiro atoms. The molecular weight excluding hydrogens is 240 g/mol. The number of carbonyl (C=O) groups excluding carboxylic acids is 1. The van der Waals surface area contributed by atoms with Crippen molar-refractivity contribution in [3.8, 4) is 5.75 Å². The Labute approximate surface area is 112 Å². The third-order valence-corrected chi connectivity index (χ3v) is 3.07. The Morgan fingerprint density at radius 1 is 1.37 bits per heavy atom. The number of H-pyrrole nitrogens is 1. The minimum Gasteiger partial charge on any atom is -0.426 e. The van der Waals surface area contributed by atoms with Crippen molar-refractivity contribution in [2.45, 2.75) is 27.2 Å². The highest BCUT2D eigenvalue weighted by molar-refractivity contribution is 5.75. The molecular formula is C15H18N2O2. The van der Waals surface area contributed by atoms with Crippen LogP contribution in [0.4, 0.5) is 0 Å². The molecule has 0 aliphatic carbocycles. The Morgan fingerprint density at radius 2 is 2.05 bits per heavy atom. The summed E-state index contributed by atoms with van der Waals surface area (Å²) >= 11 is 0. The molecule has 0 fully saturated rings. The number of hydrogen-bond donors (Lipinski definition) is 1. The first kappa shape index (κ1) is 13.3. The van der Waals surface area contributed by atoms with E-state index in [0.717, 1.165) is 17.0 Å². The van der Waals surface area contributed by atoms with Crippen molar-refractivity contribution in [2.24, 2.45) is 5.92 Å². The van der Waals surface area contributed by atoms with E-state index in [1.165, 1.54) is 0 Å². The summed E-state index contributed by atoms with van der Waals surface area (Å²) < 4.78 is 5.51. The molecule has 0 radical (unpaired) electrons. The molecule has 1 aromatic carbocycles. The molecule has 4 nitrogen and oxygen atoms in total. The number of esters is 1. The molecule has 4 heteroatoms. The lowest BCUT2D eigenvalue weighted by molar-refractivity contribution is -0.138. The molecule has 0 saturated heterocycles. The minimum atomic E-state index is -0.231. The Hall–Kier alpha value is -2.10. The number of ether oxygens (including phenoxy) is 1. The van der Waals surface area contributed by atoms with Crippen LogP contribution in [0.5, 0.6) is 5.75 Å². The monoisotopic (exact) mass is 258 g/mol. The van der Waals surface area contributed by atoms with Gasteiger partial charge in [0.25, 0.3) is 0 Å². The standard InChI is InChI=1S/C15H18N2O2/c1-10-5-4-6-11(2)14(10)19-15(18)12(3)9-13-16-7-8-17-13/h4-8,12H,9H2,1-3H3,(H,16,17). The van der Waals surface area contributed by atoms with Crippen LogP contribution < -0.4 is 4.74 Å². The largest absolute Gasteiger partial charge is 0.426 e. The highest BCUT2D eigenvalue weighted by atomic mass is 16.5. The van der Waals surface area contributed by atoms with E-state index in [9.17, 15) is 4.79 Å². The van der Waals surface area contributed by atoms with Crippen molar-refractivity contribution in [3.05, 3.63) is 47.5 Å². The van der Waals surface area contributed by atoms with E-state index in [1.54, 1.807) is 12.4 Å². The van der Waals surface area contributed by atoms with Crippen molar-refractivity contribution in [2.75, 3.05) is 0 Å². The zero-order chi connectivity index (χ0) is 13.8. The van der Waals surface area contributed by atoms with Crippen LogP contribution >= 0.6 is 0 Å². The zero-order valence-corrected chi connectivity index (χ0v) is 11.4. The third-order valence-electron chi connectivity index (χ3n) is 3.07. The highest BCUT2D eigenvalue weighted by Crippen LogP contribution is 2.23. The van der Waals surface area contributed by atoms with Gasteiger partial charge in [-0.1, -0.05) is 25.1 Å². The van der Waals surface area contributed by atoms with Gasteiger partial charge in [0, 0.05) is 18.8 Å². The fourth-order valence-electron chi connectivity index (χ4n) is 1.94. The van der Waals surface area contributed by atoms with Gasteiger partial charge in [0.2, 0.25) is 0 Å². The number of nitrogens with zero attached hydrogens (tertiary/aromatic N) is 1. The number of benzene rings is 1. The van der Waals surface area contributed by atoms with Crippen molar-refractivity contribution in [3.63, 3.8) is 0 Å². The summed E-state index contributed by atoms with van der Waals surface area (Å²) in [5, 5.41) is 0. The fourth-order valence-corrected chi connectivity index (χ4v) is 1.94. The third kappa shape index (κ3) is 3.22. The molecule has 0 aliphatic heterocycles. The van der Waals surface area contributed by atoms with Crippen LogP contribution in [0.2, 0.25) is 0 Å². The summed E-state index contributed by atoms with van der Waals surface area (Å²) in [7, 11) is 0. The van der Waals surface area contributed by atoms with E-state index in [4.69, 9.17) is 4.74 Å². The van der Waals surface area contributed by atoms with E-state index in [-0.39, 0.29) is 11.9 Å². The molecule has 19 heavy (non-hydrogen) atoms. The summed E-state index contributed by atoms with van der Waals surface area (Å²) in [5.41, 5.74) is 1.94. The van der Waals surface area contributed by atoms with Gasteiger partial charge < -0.3 is 9.72 Å². The Morgan fingerprint density at radius 3 is 2.63 bits per heavy atom. The average molecular weight is 258 g/mol. The van der Waals surface area contributed by atoms with E-state index in [0.29, 0.717) is 12.2 Å². The number of aromatic nitrogens is 2. The number of imidazole rings is 1. The second-order valence-electron chi connectivity index (χ2n) is 4.78. The lowest BCUT2D eigenvalue weighted by Gasteiger charge is -2.13. The van der Waals surface area contributed by atoms with E-state index >= 15 is 0 Å². The van der Waals surface area contributed by atoms with E-state index in [2.05, 4.69) is 9.97 Å². The van der Waals surface area contributed by atoms with Crippen molar-refractivity contribution in [1.82, 2.24) is 9.97 Å². The number of carbonyl (C=O) groups is 1. The maximum atomic E-state index is 12.1. The lowest BCUT2D eigenvalue weighted by atomic mass is 10.1. The Bertz CT molecular complexity index is 541. The summed E-state index contributed by atoms with van der Waals surface area (Å²) in [4.78, 5) is 19.2. The predicted molar refractivity (Wildman–Crippen MR) is 73.0 cm³/mol. The normalized spacial score (nSPS) is 12.2. The van der Waals surface area contributed by atoms with Crippen LogP contribution in [0, 0.1) is 19.8 Å². The van der Waals surface area contributed by atoms with Crippen LogP contribution in [0.25, 0.3) is 0 Å². The SMILES string of the molecule is Cc1cccc(C)c1OC(=O)C(C)Cc1ncc[nH]1. The summed E-state index contributed by atoms with van der Waals surface area (Å²) in [6, 6.07) is 5.83. The van der Waals surface area contributed by atoms with Gasteiger partial charge in [-0.3, -0.25) is 4.79 Å². The van der Waals surface area contributed by atoms with E-state index < -0.39 is 0 Å². The topological polar surface area (TPSA) is 55.0 Å². The molecule has 100 valence electrons. The van der Waals surface area contributed by atoms with E-state index in [1.807, 2.05) is 39.0 Å². The molecule has 1 N–H and O–H groups in total. The fraction of sp³-hybridized carbons (Fsp3) is 0.333. The first-order valence-corrected chi connectivity index (χ1v) is 6.34. The van der Waals surface area contributed by atoms with Crippen molar-refractivity contribution >= 4 is 5.97 Å². The average Bonchev–Trinajstić information content (AvgIpc) is 2.86. The smallest absolute Gasteiger partial charge is 0.314 e. The number of nitrogens with one attached hydrogen (secondary N) is 1. The van der Waals surface area contributed by atoms with Gasteiger partial charge in [-0.25, -0.2) is 4.98 Å². The maximum Gasteiger partial charge on any atom is 0.314 e. The quantitative estimate of drug-likeness (QED) is 0.677. The first-order chi connectivity index (χ1) is 9.08. The van der Waals surface area contributed by atoms with Crippen LogP contribution in [0.15, 0.2) is 30.6 Å². The molecule has 2 rings (SSSR count). The van der Waals surface area contributed by atoms with Gasteiger partial charge in [-0.05, 0) is 25.0 Å². The van der Waals surface area contributed by atoms with Gasteiger partial charge in [0.15, 0.2) is 0 Å². The molecule has 1 atom stereocenters. The Balaban J connectivity index is 2.04. The molecule has 2 aromatic rings. The predicted octanol–water partition coefficient (Wildman–Crippen LogP) is 2.81. The number of aryl methyl sites for hydroxylation is 2. The summed E-state index contributed by atoms with van der Waals surface area (Å²) in [6.07, 6.45) is 3.98. The number of para-hydroxylation sites is 1. The van der Waals surface area contributed by atoms with Crippen LogP contribution in [0.3, 0.4) is 0 Å². The van der Waals surface area contributed by atoms with Gasteiger partial charge in [0.05, 0.1) is 5.92 Å². The molecule has 0 saturated carbocycles. The summed E-state index contributed by atoms with van der Waals surface area (Å²) in [6.45, 7) is 5.72. The van der Waals surface area contributed by atoms with Crippen LogP contribution in [0.1, 0.15) is 23.9 Å². The Kier molecular flexibility index (Phi) is 4.00. The van der Waals surface area contributed by atoms with Crippen molar-refractivity contribution < 1.29 is 9.53 Å². The molecule has 0 bridgehead atoms. The molecule has 1 unspecified atom stereocenters. The number of rotatable bonds is 4. The van der Waals surface area contributed by atoms with Gasteiger partial charge in [-0.2, -0.15) is 0 Å². The molecule has 1 aromatic heterocycles. The van der Waals surface area contributed by atoms with Gasteiger partial charge in [-0.15, -0.1) is 0 Å². The lowest BCUT2D eigenvalue weighted by Crippen LogP contribution is -2.21. The summed E-state index contributed by atoms with van der Waals surface area (Å²) in [5.74, 6) is 1.00. The first-order valence-electron chi connectivity index (χ1n) is 6.34. The van der Waals surface area contributed by atoms with Gasteiger partial charge in [0.1, 0.15) is 11.6 Å². The van der Waals surface area contributed by atoms with Crippen LogP contribution in [-0.2, 0) is 11.2 Å². The maximum absolute atomic E-state index is 12.1. The second kappa shape index (κ2) is 5.69. The number of aromatic amines is 1. The molecule has 0 aliphatic rings.